The first-order chi connectivity index (χ1) is 6.74. The third-order valence-electron chi connectivity index (χ3n) is 2.12. The maximum atomic E-state index is 5.64. The van der Waals surface area contributed by atoms with Crippen molar-refractivity contribution in [3.63, 3.8) is 0 Å². The Kier molecular flexibility index (Phi) is 2.05. The van der Waals surface area contributed by atoms with E-state index in [9.17, 15) is 0 Å². The molecule has 0 radical (unpaired) electrons. The highest BCUT2D eigenvalue weighted by Gasteiger charge is 2.11. The molecule has 0 aliphatic carbocycles. The molecule has 6 nitrogen and oxygen atoms in total. The zero-order valence-electron chi connectivity index (χ0n) is 8.01. The Morgan fingerprint density at radius 2 is 2.21 bits per heavy atom. The van der Waals surface area contributed by atoms with E-state index in [0.29, 0.717) is 17.0 Å². The van der Waals surface area contributed by atoms with Crippen LogP contribution in [0.5, 0.6) is 0 Å². The Bertz CT molecular complexity index is 452. The number of nitrogen functional groups attached to an aromatic ring is 1. The van der Waals surface area contributed by atoms with Gasteiger partial charge in [0.05, 0.1) is 6.33 Å². The molecule has 1 atom stereocenters. The molecule has 0 aromatic carbocycles. The lowest BCUT2D eigenvalue weighted by Crippen LogP contribution is -2.06. The molecular formula is C8H11N5O. The van der Waals surface area contributed by atoms with Crippen molar-refractivity contribution in [1.82, 2.24) is 19.5 Å². The molecule has 2 rings (SSSR count). The first-order valence-corrected chi connectivity index (χ1v) is 4.20. The summed E-state index contributed by atoms with van der Waals surface area (Å²) in [5.41, 5.74) is 6.94. The molecule has 0 fully saturated rings. The molecule has 14 heavy (non-hydrogen) atoms. The average Bonchev–Trinajstić information content (AvgIpc) is 2.62. The number of ether oxygens (including phenoxy) is 1. The van der Waals surface area contributed by atoms with Crippen LogP contribution in [0.25, 0.3) is 11.2 Å². The largest absolute Gasteiger partial charge is 0.382 e. The molecule has 0 aliphatic rings. The van der Waals surface area contributed by atoms with E-state index in [1.807, 2.05) is 6.92 Å². The van der Waals surface area contributed by atoms with Gasteiger partial charge in [-0.2, -0.15) is 0 Å². The Morgan fingerprint density at radius 1 is 1.43 bits per heavy atom. The summed E-state index contributed by atoms with van der Waals surface area (Å²) < 4.78 is 6.96. The maximum Gasteiger partial charge on any atom is 0.167 e. The van der Waals surface area contributed by atoms with Crippen LogP contribution in [-0.4, -0.2) is 26.6 Å². The Hall–Kier alpha value is -1.69. The summed E-state index contributed by atoms with van der Waals surface area (Å²) in [5.74, 6) is 0.386. The number of anilines is 1. The van der Waals surface area contributed by atoms with Gasteiger partial charge in [-0.1, -0.05) is 0 Å². The van der Waals surface area contributed by atoms with Gasteiger partial charge in [-0.15, -0.1) is 0 Å². The molecule has 6 heteroatoms. The van der Waals surface area contributed by atoms with Gasteiger partial charge in [0.15, 0.2) is 11.5 Å². The second-order valence-corrected chi connectivity index (χ2v) is 2.92. The van der Waals surface area contributed by atoms with Crippen molar-refractivity contribution in [3.05, 3.63) is 12.7 Å². The Morgan fingerprint density at radius 3 is 2.93 bits per heavy atom. The zero-order valence-corrected chi connectivity index (χ0v) is 8.01. The minimum Gasteiger partial charge on any atom is -0.382 e. The van der Waals surface area contributed by atoms with Crippen molar-refractivity contribution in [2.75, 3.05) is 12.8 Å². The summed E-state index contributed by atoms with van der Waals surface area (Å²) in [6, 6.07) is 0. The Balaban J connectivity index is 2.63. The molecule has 2 aromatic heterocycles. The van der Waals surface area contributed by atoms with Crippen LogP contribution in [0.4, 0.5) is 5.82 Å². The lowest BCUT2D eigenvalue weighted by molar-refractivity contribution is 0.0633. The maximum absolute atomic E-state index is 5.64. The van der Waals surface area contributed by atoms with Crippen molar-refractivity contribution in [2.24, 2.45) is 0 Å². The summed E-state index contributed by atoms with van der Waals surface area (Å²) in [7, 11) is 1.63. The fourth-order valence-corrected chi connectivity index (χ4v) is 1.25. The predicted octanol–water partition coefficient (Wildman–Crippen LogP) is 0.573. The number of hydrogen-bond acceptors (Lipinski definition) is 5. The van der Waals surface area contributed by atoms with E-state index in [1.165, 1.54) is 6.33 Å². The van der Waals surface area contributed by atoms with Crippen molar-refractivity contribution >= 4 is 17.0 Å². The standard InChI is InChI=1S/C8H11N5O/c1-5(14-2)13-4-12-6-7(9)10-3-11-8(6)13/h3-5H,1-2H3,(H2,9,10,11)/t5-/m1/s1. The van der Waals surface area contributed by atoms with Crippen molar-refractivity contribution in [1.29, 1.82) is 0 Å². The van der Waals surface area contributed by atoms with Crippen LogP contribution in [0.1, 0.15) is 13.2 Å². The number of aromatic nitrogens is 4. The molecule has 0 unspecified atom stereocenters. The number of hydrogen-bond donors (Lipinski definition) is 1. The van der Waals surface area contributed by atoms with Crippen LogP contribution in [0.3, 0.4) is 0 Å². The minimum atomic E-state index is -0.116. The molecule has 0 amide bonds. The molecule has 2 N–H and O–H groups in total. The normalized spacial score (nSPS) is 13.3. The van der Waals surface area contributed by atoms with Crippen LogP contribution >= 0.6 is 0 Å². The molecular weight excluding hydrogens is 182 g/mol. The highest BCUT2D eigenvalue weighted by Crippen LogP contribution is 2.18. The number of nitrogens with zero attached hydrogens (tertiary/aromatic N) is 4. The Labute approximate surface area is 80.7 Å². The van der Waals surface area contributed by atoms with Gasteiger partial charge in [0.25, 0.3) is 0 Å². The predicted molar refractivity (Wildman–Crippen MR) is 51.5 cm³/mol. The van der Waals surface area contributed by atoms with E-state index in [-0.39, 0.29) is 6.23 Å². The van der Waals surface area contributed by atoms with Crippen molar-refractivity contribution < 1.29 is 4.74 Å². The van der Waals surface area contributed by atoms with Gasteiger partial charge in [0.2, 0.25) is 0 Å². The first-order valence-electron chi connectivity index (χ1n) is 4.20. The van der Waals surface area contributed by atoms with E-state index in [1.54, 1.807) is 18.0 Å². The highest BCUT2D eigenvalue weighted by molar-refractivity contribution is 5.81. The molecule has 0 spiro atoms. The topological polar surface area (TPSA) is 78.9 Å². The van der Waals surface area contributed by atoms with Crippen molar-refractivity contribution in [2.45, 2.75) is 13.2 Å². The number of rotatable bonds is 2. The van der Waals surface area contributed by atoms with Gasteiger partial charge >= 0.3 is 0 Å². The lowest BCUT2D eigenvalue weighted by Gasteiger charge is -2.10. The number of fused-ring (bicyclic) bond motifs is 1. The summed E-state index contributed by atoms with van der Waals surface area (Å²) in [4.78, 5) is 12.1. The van der Waals surface area contributed by atoms with Gasteiger partial charge in [-0.3, -0.25) is 4.57 Å². The second kappa shape index (κ2) is 3.22. The average molecular weight is 193 g/mol. The number of methoxy groups -OCH3 is 1. The lowest BCUT2D eigenvalue weighted by atomic mass is 10.5. The summed E-state index contributed by atoms with van der Waals surface area (Å²) in [5, 5.41) is 0. The molecule has 2 heterocycles. The fourth-order valence-electron chi connectivity index (χ4n) is 1.25. The summed E-state index contributed by atoms with van der Waals surface area (Å²) in [6.07, 6.45) is 2.94. The molecule has 74 valence electrons. The SMILES string of the molecule is CO[C@H](C)n1cnc2c(N)ncnc21. The van der Waals surface area contributed by atoms with Gasteiger partial charge in [-0.25, -0.2) is 15.0 Å². The minimum absolute atomic E-state index is 0.116. The summed E-state index contributed by atoms with van der Waals surface area (Å²) in [6.45, 7) is 1.90. The van der Waals surface area contributed by atoms with E-state index < -0.39 is 0 Å². The molecule has 0 bridgehead atoms. The van der Waals surface area contributed by atoms with Gasteiger partial charge in [0.1, 0.15) is 18.1 Å². The van der Waals surface area contributed by atoms with Crippen LogP contribution in [0.15, 0.2) is 12.7 Å². The second-order valence-electron chi connectivity index (χ2n) is 2.92. The zero-order chi connectivity index (χ0) is 10.1. The quantitative estimate of drug-likeness (QED) is 0.754. The fraction of sp³-hybridized carbons (Fsp3) is 0.375. The van der Waals surface area contributed by atoms with Gasteiger partial charge < -0.3 is 10.5 Å². The molecule has 0 saturated heterocycles. The molecule has 0 saturated carbocycles. The van der Waals surface area contributed by atoms with Gasteiger partial charge in [-0.05, 0) is 6.92 Å². The van der Waals surface area contributed by atoms with Crippen molar-refractivity contribution in [3.8, 4) is 0 Å². The van der Waals surface area contributed by atoms with Crippen LogP contribution in [0.2, 0.25) is 0 Å². The number of nitrogens with two attached hydrogens (primary N) is 1. The first kappa shape index (κ1) is 8.89. The van der Waals surface area contributed by atoms with Crippen LogP contribution in [-0.2, 0) is 4.74 Å². The van der Waals surface area contributed by atoms with Gasteiger partial charge in [0, 0.05) is 7.11 Å². The third kappa shape index (κ3) is 1.20. The smallest absolute Gasteiger partial charge is 0.167 e. The van der Waals surface area contributed by atoms with Crippen LogP contribution in [0, 0.1) is 0 Å². The monoisotopic (exact) mass is 193 g/mol. The van der Waals surface area contributed by atoms with E-state index in [2.05, 4.69) is 15.0 Å². The van der Waals surface area contributed by atoms with E-state index in [4.69, 9.17) is 10.5 Å². The van der Waals surface area contributed by atoms with E-state index in [0.717, 1.165) is 0 Å². The number of imidazole rings is 1. The van der Waals surface area contributed by atoms with E-state index >= 15 is 0 Å². The third-order valence-corrected chi connectivity index (χ3v) is 2.12. The highest BCUT2D eigenvalue weighted by atomic mass is 16.5. The van der Waals surface area contributed by atoms with Crippen LogP contribution < -0.4 is 5.73 Å². The molecule has 2 aromatic rings. The summed E-state index contributed by atoms with van der Waals surface area (Å²) >= 11 is 0. The molecule has 0 aliphatic heterocycles.